The van der Waals surface area contributed by atoms with Gasteiger partial charge in [-0.3, -0.25) is 9.59 Å². The van der Waals surface area contributed by atoms with Crippen LogP contribution in [0.5, 0.6) is 17.2 Å². The lowest BCUT2D eigenvalue weighted by Crippen LogP contribution is -2.23. The first-order valence-corrected chi connectivity index (χ1v) is 4.69. The topological polar surface area (TPSA) is 87.9 Å². The molecule has 0 aliphatic carbocycles. The third kappa shape index (κ3) is 2.47. The van der Waals surface area contributed by atoms with Gasteiger partial charge in [0.2, 0.25) is 11.5 Å². The molecule has 0 aromatic heterocycles. The SMILES string of the molecule is COc1cc(C(=O)C(N)=O)cc(OC)c1OC. The van der Waals surface area contributed by atoms with Crippen molar-refractivity contribution in [3.8, 4) is 17.2 Å². The molecule has 0 aliphatic heterocycles. The average Bonchev–Trinajstić information content (AvgIpc) is 2.35. The van der Waals surface area contributed by atoms with E-state index < -0.39 is 11.7 Å². The van der Waals surface area contributed by atoms with E-state index in [0.29, 0.717) is 5.75 Å². The zero-order chi connectivity index (χ0) is 13.0. The summed E-state index contributed by atoms with van der Waals surface area (Å²) < 4.78 is 15.2. The van der Waals surface area contributed by atoms with Gasteiger partial charge in [0.05, 0.1) is 21.3 Å². The molecule has 0 fully saturated rings. The van der Waals surface area contributed by atoms with Gasteiger partial charge in [0.15, 0.2) is 11.5 Å². The molecule has 1 aromatic carbocycles. The van der Waals surface area contributed by atoms with Crippen molar-refractivity contribution in [1.82, 2.24) is 0 Å². The Morgan fingerprint density at radius 2 is 1.47 bits per heavy atom. The van der Waals surface area contributed by atoms with Crippen LogP contribution in [0.25, 0.3) is 0 Å². The lowest BCUT2D eigenvalue weighted by atomic mass is 10.1. The van der Waals surface area contributed by atoms with Gasteiger partial charge >= 0.3 is 0 Å². The number of amides is 1. The van der Waals surface area contributed by atoms with Crippen LogP contribution in [0.15, 0.2) is 12.1 Å². The molecule has 0 bridgehead atoms. The predicted molar refractivity (Wildman–Crippen MR) is 59.6 cm³/mol. The maximum Gasteiger partial charge on any atom is 0.289 e. The first-order chi connectivity index (χ1) is 8.04. The van der Waals surface area contributed by atoms with Crippen LogP contribution in [0.3, 0.4) is 0 Å². The number of carbonyl (C=O) groups excluding carboxylic acids is 2. The molecule has 0 aliphatic rings. The van der Waals surface area contributed by atoms with Crippen LogP contribution in [0.2, 0.25) is 0 Å². The van der Waals surface area contributed by atoms with Crippen LogP contribution in [-0.2, 0) is 4.79 Å². The molecule has 0 heterocycles. The van der Waals surface area contributed by atoms with Gasteiger partial charge in [-0.1, -0.05) is 0 Å². The van der Waals surface area contributed by atoms with E-state index >= 15 is 0 Å². The van der Waals surface area contributed by atoms with E-state index in [1.54, 1.807) is 0 Å². The van der Waals surface area contributed by atoms with Crippen molar-refractivity contribution in [3.05, 3.63) is 17.7 Å². The lowest BCUT2D eigenvalue weighted by molar-refractivity contribution is -0.114. The van der Waals surface area contributed by atoms with E-state index in [4.69, 9.17) is 19.9 Å². The Balaban J connectivity index is 3.37. The third-order valence-electron chi connectivity index (χ3n) is 2.15. The molecule has 17 heavy (non-hydrogen) atoms. The Morgan fingerprint density at radius 3 is 1.76 bits per heavy atom. The van der Waals surface area contributed by atoms with Gasteiger partial charge in [0.25, 0.3) is 5.91 Å². The summed E-state index contributed by atoms with van der Waals surface area (Å²) in [7, 11) is 4.27. The lowest BCUT2D eigenvalue weighted by Gasteiger charge is -2.13. The standard InChI is InChI=1S/C11H13NO5/c1-15-7-4-6(9(13)11(12)14)5-8(16-2)10(7)17-3/h4-5H,1-3H3,(H2,12,14). The first kappa shape index (κ1) is 12.8. The summed E-state index contributed by atoms with van der Waals surface area (Å²) in [4.78, 5) is 22.3. The number of hydrogen-bond donors (Lipinski definition) is 1. The summed E-state index contributed by atoms with van der Waals surface area (Å²) >= 11 is 0. The minimum atomic E-state index is -1.04. The molecule has 1 rings (SSSR count). The van der Waals surface area contributed by atoms with Crippen LogP contribution < -0.4 is 19.9 Å². The molecule has 0 saturated heterocycles. The van der Waals surface area contributed by atoms with Crippen molar-refractivity contribution >= 4 is 11.7 Å². The molecule has 0 radical (unpaired) electrons. The van der Waals surface area contributed by atoms with E-state index in [-0.39, 0.29) is 17.1 Å². The van der Waals surface area contributed by atoms with Gasteiger partial charge in [-0.25, -0.2) is 0 Å². The number of ether oxygens (including phenoxy) is 3. The van der Waals surface area contributed by atoms with Crippen molar-refractivity contribution in [3.63, 3.8) is 0 Å². The summed E-state index contributed by atoms with van der Waals surface area (Å²) in [5.74, 6) is -0.938. The molecule has 1 amide bonds. The highest BCUT2D eigenvalue weighted by molar-refractivity contribution is 6.42. The highest BCUT2D eigenvalue weighted by Gasteiger charge is 2.19. The van der Waals surface area contributed by atoms with Crippen molar-refractivity contribution in [2.75, 3.05) is 21.3 Å². The van der Waals surface area contributed by atoms with Crippen LogP contribution >= 0.6 is 0 Å². The Labute approximate surface area is 98.3 Å². The molecular weight excluding hydrogens is 226 g/mol. The van der Waals surface area contributed by atoms with Gasteiger partial charge in [-0.05, 0) is 12.1 Å². The number of nitrogens with two attached hydrogens (primary N) is 1. The van der Waals surface area contributed by atoms with Crippen LogP contribution in [0, 0.1) is 0 Å². The molecule has 6 heteroatoms. The van der Waals surface area contributed by atoms with E-state index in [0.717, 1.165) is 0 Å². The number of Topliss-reactive ketones (excluding diaryl/α,β-unsaturated/α-hetero) is 1. The molecule has 92 valence electrons. The van der Waals surface area contributed by atoms with Gasteiger partial charge in [-0.15, -0.1) is 0 Å². The molecule has 0 saturated carbocycles. The van der Waals surface area contributed by atoms with Crippen LogP contribution in [0.1, 0.15) is 10.4 Å². The number of rotatable bonds is 5. The molecule has 2 N–H and O–H groups in total. The second-order valence-corrected chi connectivity index (χ2v) is 3.11. The number of ketones is 1. The van der Waals surface area contributed by atoms with Crippen molar-refractivity contribution < 1.29 is 23.8 Å². The second-order valence-electron chi connectivity index (χ2n) is 3.11. The van der Waals surface area contributed by atoms with E-state index in [2.05, 4.69) is 0 Å². The molecular formula is C11H13NO5. The summed E-state index contributed by atoms with van der Waals surface area (Å²) in [6.45, 7) is 0. The van der Waals surface area contributed by atoms with Gasteiger partial charge in [0.1, 0.15) is 0 Å². The van der Waals surface area contributed by atoms with Gasteiger partial charge < -0.3 is 19.9 Å². The van der Waals surface area contributed by atoms with Crippen molar-refractivity contribution in [2.24, 2.45) is 5.73 Å². The molecule has 6 nitrogen and oxygen atoms in total. The zero-order valence-corrected chi connectivity index (χ0v) is 9.77. The Morgan fingerprint density at radius 1 is 1.00 bits per heavy atom. The highest BCUT2D eigenvalue weighted by Crippen LogP contribution is 2.38. The normalized spacial score (nSPS) is 9.59. The quantitative estimate of drug-likeness (QED) is 0.592. The number of methoxy groups -OCH3 is 3. The van der Waals surface area contributed by atoms with E-state index in [1.807, 2.05) is 0 Å². The largest absolute Gasteiger partial charge is 0.493 e. The summed E-state index contributed by atoms with van der Waals surface area (Å²) in [5.41, 5.74) is 5.01. The maximum atomic E-state index is 11.5. The average molecular weight is 239 g/mol. The van der Waals surface area contributed by atoms with Crippen LogP contribution in [0.4, 0.5) is 0 Å². The number of hydrogen-bond acceptors (Lipinski definition) is 5. The van der Waals surface area contributed by atoms with E-state index in [9.17, 15) is 9.59 Å². The maximum absolute atomic E-state index is 11.5. The summed E-state index contributed by atoms with van der Waals surface area (Å²) in [6, 6.07) is 2.74. The minimum Gasteiger partial charge on any atom is -0.493 e. The van der Waals surface area contributed by atoms with Crippen LogP contribution in [-0.4, -0.2) is 33.0 Å². The number of carbonyl (C=O) groups is 2. The van der Waals surface area contributed by atoms with Gasteiger partial charge in [-0.2, -0.15) is 0 Å². The number of primary amides is 1. The Bertz CT molecular complexity index is 430. The number of benzene rings is 1. The van der Waals surface area contributed by atoms with Crippen molar-refractivity contribution in [2.45, 2.75) is 0 Å². The molecule has 0 spiro atoms. The molecule has 0 unspecified atom stereocenters. The fraction of sp³-hybridized carbons (Fsp3) is 0.273. The predicted octanol–water partition coefficient (Wildman–Crippen LogP) is 0.380. The minimum absolute atomic E-state index is 0.0898. The molecule has 0 atom stereocenters. The Hall–Kier alpha value is -2.24. The van der Waals surface area contributed by atoms with Gasteiger partial charge in [0, 0.05) is 5.56 Å². The molecule has 1 aromatic rings. The van der Waals surface area contributed by atoms with E-state index in [1.165, 1.54) is 33.5 Å². The fourth-order valence-electron chi connectivity index (χ4n) is 1.35. The monoisotopic (exact) mass is 239 g/mol. The highest BCUT2D eigenvalue weighted by atomic mass is 16.5. The summed E-state index contributed by atoms with van der Waals surface area (Å²) in [6.07, 6.45) is 0. The zero-order valence-electron chi connectivity index (χ0n) is 9.77. The smallest absolute Gasteiger partial charge is 0.289 e. The Kier molecular flexibility index (Phi) is 3.92. The first-order valence-electron chi connectivity index (χ1n) is 4.69. The summed E-state index contributed by atoms with van der Waals surface area (Å²) in [5, 5.41) is 0. The van der Waals surface area contributed by atoms with Crippen molar-refractivity contribution in [1.29, 1.82) is 0 Å². The third-order valence-corrected chi connectivity index (χ3v) is 2.15. The fourth-order valence-corrected chi connectivity index (χ4v) is 1.35. The second kappa shape index (κ2) is 5.20.